The molecule has 0 amide bonds. The van der Waals surface area contributed by atoms with E-state index >= 15 is 0 Å². The number of carbonyl (C=O) groups is 1. The number of hydrogen-bond donors (Lipinski definition) is 0. The van der Waals surface area contributed by atoms with Crippen molar-refractivity contribution in [3.05, 3.63) is 36.0 Å². The summed E-state index contributed by atoms with van der Waals surface area (Å²) in [5.41, 5.74) is 2.21. The third-order valence-corrected chi connectivity index (χ3v) is 2.98. The van der Waals surface area contributed by atoms with Crippen molar-refractivity contribution in [2.45, 2.75) is 26.2 Å². The highest BCUT2D eigenvalue weighted by molar-refractivity contribution is 5.98. The summed E-state index contributed by atoms with van der Waals surface area (Å²) in [6.45, 7) is 6.01. The Morgan fingerprint density at radius 2 is 2.23 bits per heavy atom. The minimum Gasteiger partial charge on any atom is -0.294 e. The highest BCUT2D eigenvalue weighted by Crippen LogP contribution is 2.45. The lowest BCUT2D eigenvalue weighted by Gasteiger charge is -2.24. The lowest BCUT2D eigenvalue weighted by molar-refractivity contribution is -0.121. The molecule has 1 nitrogen and oxygen atoms in total. The molecule has 0 N–H and O–H groups in total. The van der Waals surface area contributed by atoms with Crippen LogP contribution in [0.15, 0.2) is 36.0 Å². The fourth-order valence-corrected chi connectivity index (χ4v) is 2.28. The third kappa shape index (κ3) is 1.28. The summed E-state index contributed by atoms with van der Waals surface area (Å²) in [5, 5.41) is 0. The molecule has 0 aromatic carbocycles. The van der Waals surface area contributed by atoms with Gasteiger partial charge in [0.2, 0.25) is 0 Å². The second kappa shape index (κ2) is 2.69. The molecule has 0 saturated heterocycles. The molecule has 0 radical (unpaired) electrons. The highest BCUT2D eigenvalue weighted by atomic mass is 16.1. The van der Waals surface area contributed by atoms with Crippen LogP contribution in [0, 0.1) is 5.41 Å². The Balaban J connectivity index is 2.37. The van der Waals surface area contributed by atoms with E-state index in [1.54, 1.807) is 6.08 Å². The van der Waals surface area contributed by atoms with E-state index in [1.807, 2.05) is 13.0 Å². The zero-order chi connectivity index (χ0) is 9.47. The lowest BCUT2D eigenvalue weighted by Crippen LogP contribution is -2.26. The molecule has 68 valence electrons. The first-order valence-corrected chi connectivity index (χ1v) is 4.71. The van der Waals surface area contributed by atoms with Gasteiger partial charge >= 0.3 is 0 Å². The van der Waals surface area contributed by atoms with E-state index in [0.717, 1.165) is 19.3 Å². The average molecular weight is 174 g/mol. The summed E-state index contributed by atoms with van der Waals surface area (Å²) in [5.74, 6) is 0.261. The molecular formula is C12H14O. The molecule has 0 unspecified atom stereocenters. The van der Waals surface area contributed by atoms with Crippen molar-refractivity contribution in [1.29, 1.82) is 0 Å². The second-order valence-electron chi connectivity index (χ2n) is 4.17. The number of hydrogen-bond acceptors (Lipinski definition) is 1. The SMILES string of the molecule is C=C1CC[C@@]2(C=C(C)C=CC2=O)C1. The maximum atomic E-state index is 11.7. The molecule has 1 atom stereocenters. The van der Waals surface area contributed by atoms with E-state index in [4.69, 9.17) is 0 Å². The second-order valence-corrected chi connectivity index (χ2v) is 4.17. The normalized spacial score (nSPS) is 32.8. The predicted octanol–water partition coefficient (Wildman–Crippen LogP) is 2.80. The molecule has 1 fully saturated rings. The van der Waals surface area contributed by atoms with Crippen LogP contribution in [0.5, 0.6) is 0 Å². The Bertz CT molecular complexity index is 333. The molecule has 13 heavy (non-hydrogen) atoms. The topological polar surface area (TPSA) is 17.1 Å². The van der Waals surface area contributed by atoms with Crippen LogP contribution in [0.25, 0.3) is 0 Å². The fraction of sp³-hybridized carbons (Fsp3) is 0.417. The van der Waals surface area contributed by atoms with Gasteiger partial charge in [-0.1, -0.05) is 29.9 Å². The minimum absolute atomic E-state index is 0.212. The van der Waals surface area contributed by atoms with Crippen molar-refractivity contribution < 1.29 is 4.79 Å². The van der Waals surface area contributed by atoms with Crippen molar-refractivity contribution in [2.24, 2.45) is 5.41 Å². The average Bonchev–Trinajstić information content (AvgIpc) is 2.42. The van der Waals surface area contributed by atoms with E-state index in [1.165, 1.54) is 11.1 Å². The fourth-order valence-electron chi connectivity index (χ4n) is 2.28. The highest BCUT2D eigenvalue weighted by Gasteiger charge is 2.40. The van der Waals surface area contributed by atoms with Gasteiger partial charge in [0.05, 0.1) is 5.41 Å². The number of ketones is 1. The van der Waals surface area contributed by atoms with Crippen LogP contribution < -0.4 is 0 Å². The summed E-state index contributed by atoms with van der Waals surface area (Å²) >= 11 is 0. The van der Waals surface area contributed by atoms with Crippen LogP contribution >= 0.6 is 0 Å². The third-order valence-electron chi connectivity index (χ3n) is 2.98. The molecule has 1 heteroatoms. The largest absolute Gasteiger partial charge is 0.294 e. The van der Waals surface area contributed by atoms with Gasteiger partial charge in [-0.05, 0) is 32.3 Å². The minimum atomic E-state index is -0.212. The Hall–Kier alpha value is -1.11. The van der Waals surface area contributed by atoms with Crippen LogP contribution in [-0.4, -0.2) is 5.78 Å². The maximum Gasteiger partial charge on any atom is 0.165 e. The molecule has 0 bridgehead atoms. The first-order valence-electron chi connectivity index (χ1n) is 4.71. The van der Waals surface area contributed by atoms with E-state index in [0.29, 0.717) is 0 Å². The molecule has 0 heterocycles. The van der Waals surface area contributed by atoms with Gasteiger partial charge in [0, 0.05) is 0 Å². The van der Waals surface area contributed by atoms with Gasteiger partial charge in [0.1, 0.15) is 0 Å². The number of rotatable bonds is 0. The molecule has 0 aromatic heterocycles. The molecule has 0 aliphatic heterocycles. The lowest BCUT2D eigenvalue weighted by atomic mass is 9.77. The first kappa shape index (κ1) is 8.49. The van der Waals surface area contributed by atoms with Gasteiger partial charge in [-0.2, -0.15) is 0 Å². The standard InChI is InChI=1S/C12H14O/c1-9-3-4-11(13)12(7-9)6-5-10(2)8-12/h3-4,7H,2,5-6,8H2,1H3/t12-/m1/s1. The van der Waals surface area contributed by atoms with Crippen LogP contribution in [0.1, 0.15) is 26.2 Å². The number of allylic oxidation sites excluding steroid dienone is 5. The Morgan fingerprint density at radius 1 is 1.46 bits per heavy atom. The Labute approximate surface area is 78.8 Å². The van der Waals surface area contributed by atoms with Gasteiger partial charge in [-0.3, -0.25) is 4.79 Å². The quantitative estimate of drug-likeness (QED) is 0.516. The monoisotopic (exact) mass is 174 g/mol. The van der Waals surface area contributed by atoms with Crippen molar-refractivity contribution in [2.75, 3.05) is 0 Å². The van der Waals surface area contributed by atoms with Crippen LogP contribution in [0.3, 0.4) is 0 Å². The van der Waals surface area contributed by atoms with Crippen molar-refractivity contribution in [1.82, 2.24) is 0 Å². The molecule has 1 saturated carbocycles. The van der Waals surface area contributed by atoms with E-state index in [9.17, 15) is 4.79 Å². The zero-order valence-electron chi connectivity index (χ0n) is 7.97. The van der Waals surface area contributed by atoms with Gasteiger partial charge in [0.25, 0.3) is 0 Å². The zero-order valence-corrected chi connectivity index (χ0v) is 7.97. The number of carbonyl (C=O) groups excluding carboxylic acids is 1. The molecule has 0 aromatic rings. The molecule has 2 rings (SSSR count). The summed E-state index contributed by atoms with van der Waals surface area (Å²) in [6.07, 6.45) is 8.54. The Kier molecular flexibility index (Phi) is 1.76. The van der Waals surface area contributed by atoms with Gasteiger partial charge in [-0.15, -0.1) is 0 Å². The summed E-state index contributed by atoms with van der Waals surface area (Å²) in [4.78, 5) is 11.7. The van der Waals surface area contributed by atoms with Crippen LogP contribution in [0.4, 0.5) is 0 Å². The smallest absolute Gasteiger partial charge is 0.165 e. The van der Waals surface area contributed by atoms with Crippen molar-refractivity contribution >= 4 is 5.78 Å². The van der Waals surface area contributed by atoms with E-state index < -0.39 is 0 Å². The predicted molar refractivity (Wildman–Crippen MR) is 53.3 cm³/mol. The molecule has 2 aliphatic carbocycles. The van der Waals surface area contributed by atoms with Crippen LogP contribution in [-0.2, 0) is 4.79 Å². The summed E-state index contributed by atoms with van der Waals surface area (Å²) in [7, 11) is 0. The molecule has 2 aliphatic rings. The summed E-state index contributed by atoms with van der Waals surface area (Å²) < 4.78 is 0. The Morgan fingerprint density at radius 3 is 2.85 bits per heavy atom. The van der Waals surface area contributed by atoms with Gasteiger partial charge in [0.15, 0.2) is 5.78 Å². The maximum absolute atomic E-state index is 11.7. The van der Waals surface area contributed by atoms with E-state index in [2.05, 4.69) is 12.7 Å². The van der Waals surface area contributed by atoms with Gasteiger partial charge in [-0.25, -0.2) is 0 Å². The molecule has 1 spiro atoms. The summed E-state index contributed by atoms with van der Waals surface area (Å²) in [6, 6.07) is 0. The van der Waals surface area contributed by atoms with Crippen molar-refractivity contribution in [3.8, 4) is 0 Å². The first-order chi connectivity index (χ1) is 6.12. The van der Waals surface area contributed by atoms with Crippen molar-refractivity contribution in [3.63, 3.8) is 0 Å². The van der Waals surface area contributed by atoms with Crippen LogP contribution in [0.2, 0.25) is 0 Å². The van der Waals surface area contributed by atoms with E-state index in [-0.39, 0.29) is 11.2 Å². The van der Waals surface area contributed by atoms with Gasteiger partial charge < -0.3 is 0 Å². The molecular weight excluding hydrogens is 160 g/mol.